The summed E-state index contributed by atoms with van der Waals surface area (Å²) in [6.45, 7) is 10.5. The molecule has 0 aromatic heterocycles. The third-order valence-electron chi connectivity index (χ3n) is 6.33. The molecule has 0 fully saturated rings. The number of para-hydroxylation sites is 1. The van der Waals surface area contributed by atoms with Crippen molar-refractivity contribution in [3.63, 3.8) is 0 Å². The number of hydrogen-bond donors (Lipinski definition) is 1. The van der Waals surface area contributed by atoms with Gasteiger partial charge in [0.25, 0.3) is 0 Å². The minimum Gasteiger partial charge on any atom is -0.496 e. The van der Waals surface area contributed by atoms with Crippen molar-refractivity contribution in [1.29, 1.82) is 0 Å². The number of carbonyl (C=O) groups excluding carboxylic acids is 1. The quantitative estimate of drug-likeness (QED) is 0.515. The molecule has 6 nitrogen and oxygen atoms in total. The molecule has 1 aliphatic heterocycles. The van der Waals surface area contributed by atoms with Crippen LogP contribution < -0.4 is 19.5 Å². The summed E-state index contributed by atoms with van der Waals surface area (Å²) in [4.78, 5) is 15.2. The predicted molar refractivity (Wildman–Crippen MR) is 138 cm³/mol. The van der Waals surface area contributed by atoms with Gasteiger partial charge in [0.2, 0.25) is 5.91 Å². The van der Waals surface area contributed by atoms with Crippen LogP contribution in [0.4, 0.5) is 5.69 Å². The minimum atomic E-state index is 0.0199. The third-order valence-corrected chi connectivity index (χ3v) is 6.33. The Balaban J connectivity index is 1.74. The molecular formula is C28H38N2O4. The van der Waals surface area contributed by atoms with E-state index in [2.05, 4.69) is 62.2 Å². The van der Waals surface area contributed by atoms with Crippen LogP contribution in [0.25, 0.3) is 5.57 Å². The summed E-state index contributed by atoms with van der Waals surface area (Å²) in [5.41, 5.74) is 5.43. The summed E-state index contributed by atoms with van der Waals surface area (Å²) in [6, 6.07) is 10.0. The van der Waals surface area contributed by atoms with E-state index in [1.54, 1.807) is 21.3 Å². The lowest BCUT2D eigenvalue weighted by molar-refractivity contribution is -0.117. The zero-order valence-corrected chi connectivity index (χ0v) is 21.5. The molecule has 1 N–H and O–H groups in total. The van der Waals surface area contributed by atoms with E-state index in [0.717, 1.165) is 41.3 Å². The number of amides is 1. The van der Waals surface area contributed by atoms with Crippen LogP contribution in [0.3, 0.4) is 0 Å². The van der Waals surface area contributed by atoms with Gasteiger partial charge < -0.3 is 19.5 Å². The Kier molecular flexibility index (Phi) is 8.61. The maximum atomic E-state index is 13.0. The normalized spacial score (nSPS) is 14.2. The molecular weight excluding hydrogens is 428 g/mol. The molecule has 0 saturated carbocycles. The molecule has 34 heavy (non-hydrogen) atoms. The van der Waals surface area contributed by atoms with Crippen molar-refractivity contribution in [2.24, 2.45) is 0 Å². The number of ether oxygens (including phenoxy) is 3. The molecule has 1 amide bonds. The third kappa shape index (κ3) is 5.73. The summed E-state index contributed by atoms with van der Waals surface area (Å²) in [7, 11) is 4.93. The van der Waals surface area contributed by atoms with Crippen molar-refractivity contribution < 1.29 is 19.0 Å². The second-order valence-corrected chi connectivity index (χ2v) is 9.29. The zero-order valence-electron chi connectivity index (χ0n) is 21.5. The fourth-order valence-electron chi connectivity index (χ4n) is 4.48. The Bertz CT molecular complexity index is 991. The van der Waals surface area contributed by atoms with Crippen LogP contribution in [-0.4, -0.2) is 51.8 Å². The number of carbonyl (C=O) groups is 1. The fraction of sp³-hybridized carbons (Fsp3) is 0.464. The van der Waals surface area contributed by atoms with Gasteiger partial charge in [0.05, 0.1) is 33.4 Å². The first kappa shape index (κ1) is 25.6. The molecule has 2 aromatic rings. The van der Waals surface area contributed by atoms with Gasteiger partial charge >= 0.3 is 0 Å². The van der Waals surface area contributed by atoms with Gasteiger partial charge in [-0.25, -0.2) is 0 Å². The highest BCUT2D eigenvalue weighted by Gasteiger charge is 2.23. The average Bonchev–Trinajstić information content (AvgIpc) is 2.83. The van der Waals surface area contributed by atoms with Crippen LogP contribution in [0.15, 0.2) is 36.4 Å². The van der Waals surface area contributed by atoms with E-state index in [-0.39, 0.29) is 5.91 Å². The molecule has 1 heterocycles. The molecule has 0 atom stereocenters. The van der Waals surface area contributed by atoms with Gasteiger partial charge in [-0.2, -0.15) is 0 Å². The van der Waals surface area contributed by atoms with Crippen LogP contribution in [-0.2, 0) is 4.79 Å². The molecule has 0 aliphatic carbocycles. The van der Waals surface area contributed by atoms with Gasteiger partial charge in [0.1, 0.15) is 17.2 Å². The van der Waals surface area contributed by atoms with E-state index in [0.29, 0.717) is 30.7 Å². The number of anilines is 1. The molecule has 3 rings (SSSR count). The van der Waals surface area contributed by atoms with Crippen molar-refractivity contribution in [2.75, 3.05) is 46.3 Å². The van der Waals surface area contributed by atoms with Crippen molar-refractivity contribution in [2.45, 2.75) is 46.0 Å². The molecule has 0 radical (unpaired) electrons. The first-order valence-corrected chi connectivity index (χ1v) is 11.9. The average molecular weight is 467 g/mol. The Morgan fingerprint density at radius 2 is 1.56 bits per heavy atom. The predicted octanol–water partition coefficient (Wildman–Crippen LogP) is 5.69. The largest absolute Gasteiger partial charge is 0.496 e. The highest BCUT2D eigenvalue weighted by atomic mass is 16.5. The van der Waals surface area contributed by atoms with Crippen molar-refractivity contribution in [1.82, 2.24) is 4.90 Å². The van der Waals surface area contributed by atoms with Crippen molar-refractivity contribution in [3.05, 3.63) is 53.1 Å². The van der Waals surface area contributed by atoms with Crippen LogP contribution in [0, 0.1) is 0 Å². The molecule has 0 saturated heterocycles. The first-order valence-electron chi connectivity index (χ1n) is 11.9. The minimum absolute atomic E-state index is 0.0199. The number of nitrogens with zero attached hydrogens (tertiary/aromatic N) is 1. The molecule has 1 aliphatic rings. The Labute approximate surface area is 203 Å². The number of hydrogen-bond acceptors (Lipinski definition) is 5. The SMILES string of the molecule is COc1cc(OC)c(C2=CCN(CC(=O)Nc3c(C(C)C)cccc3C(C)C)CC2)c(OC)c1. The maximum Gasteiger partial charge on any atom is 0.238 e. The maximum absolute atomic E-state index is 13.0. The van der Waals surface area contributed by atoms with E-state index < -0.39 is 0 Å². The van der Waals surface area contributed by atoms with Gasteiger partial charge in [-0.1, -0.05) is 52.0 Å². The topological polar surface area (TPSA) is 60.0 Å². The van der Waals surface area contributed by atoms with E-state index in [4.69, 9.17) is 14.2 Å². The van der Waals surface area contributed by atoms with Crippen LogP contribution in [0.5, 0.6) is 17.2 Å². The van der Waals surface area contributed by atoms with E-state index in [9.17, 15) is 4.79 Å². The van der Waals surface area contributed by atoms with Crippen LogP contribution in [0.1, 0.15) is 62.6 Å². The van der Waals surface area contributed by atoms with Gasteiger partial charge in [-0.3, -0.25) is 9.69 Å². The molecule has 0 bridgehead atoms. The van der Waals surface area contributed by atoms with Gasteiger partial charge in [-0.05, 0) is 35.0 Å². The lowest BCUT2D eigenvalue weighted by Crippen LogP contribution is -2.36. The molecule has 6 heteroatoms. The summed E-state index contributed by atoms with van der Waals surface area (Å²) < 4.78 is 16.6. The number of nitrogens with one attached hydrogen (secondary N) is 1. The summed E-state index contributed by atoms with van der Waals surface area (Å²) in [6.07, 6.45) is 2.96. The van der Waals surface area contributed by atoms with E-state index >= 15 is 0 Å². The molecule has 0 spiro atoms. The van der Waals surface area contributed by atoms with Gasteiger partial charge in [0.15, 0.2) is 0 Å². The number of methoxy groups -OCH3 is 3. The first-order chi connectivity index (χ1) is 16.3. The summed E-state index contributed by atoms with van der Waals surface area (Å²) in [5, 5.41) is 3.23. The second-order valence-electron chi connectivity index (χ2n) is 9.29. The standard InChI is InChI=1S/C28H38N2O4/c1-18(2)22-9-8-10-23(19(3)4)28(22)29-26(31)17-30-13-11-20(12-14-30)27-24(33-6)15-21(32-5)16-25(27)34-7/h8-11,15-16,18-19H,12-14,17H2,1-7H3,(H,29,31). The van der Waals surface area contributed by atoms with Crippen LogP contribution >= 0.6 is 0 Å². The summed E-state index contributed by atoms with van der Waals surface area (Å²) in [5.74, 6) is 2.83. The highest BCUT2D eigenvalue weighted by molar-refractivity contribution is 5.94. The van der Waals surface area contributed by atoms with Crippen molar-refractivity contribution in [3.8, 4) is 17.2 Å². The van der Waals surface area contributed by atoms with Crippen molar-refractivity contribution >= 4 is 17.2 Å². The van der Waals surface area contributed by atoms with E-state index in [1.807, 2.05) is 12.1 Å². The molecule has 2 aromatic carbocycles. The molecule has 0 unspecified atom stereocenters. The second kappa shape index (κ2) is 11.4. The lowest BCUT2D eigenvalue weighted by atomic mass is 9.92. The van der Waals surface area contributed by atoms with Crippen LogP contribution in [0.2, 0.25) is 0 Å². The Morgan fingerprint density at radius 1 is 0.971 bits per heavy atom. The Morgan fingerprint density at radius 3 is 2.00 bits per heavy atom. The van der Waals surface area contributed by atoms with E-state index in [1.165, 1.54) is 11.1 Å². The van der Waals surface area contributed by atoms with Gasteiger partial charge in [0, 0.05) is 30.9 Å². The number of benzene rings is 2. The summed E-state index contributed by atoms with van der Waals surface area (Å²) >= 11 is 0. The molecule has 184 valence electrons. The lowest BCUT2D eigenvalue weighted by Gasteiger charge is -2.28. The smallest absolute Gasteiger partial charge is 0.238 e. The Hall–Kier alpha value is -2.99. The van der Waals surface area contributed by atoms with Gasteiger partial charge in [-0.15, -0.1) is 0 Å². The number of rotatable bonds is 9. The zero-order chi connectivity index (χ0) is 24.8. The highest BCUT2D eigenvalue weighted by Crippen LogP contribution is 2.41. The fourth-order valence-corrected chi connectivity index (χ4v) is 4.48. The monoisotopic (exact) mass is 466 g/mol.